The van der Waals surface area contributed by atoms with Crippen molar-refractivity contribution in [3.05, 3.63) is 48.5 Å². The maximum atomic E-state index is 11.0. The van der Waals surface area contributed by atoms with Crippen LogP contribution in [0.3, 0.4) is 0 Å². The first kappa shape index (κ1) is 28.1. The second-order valence-electron chi connectivity index (χ2n) is 8.13. The van der Waals surface area contributed by atoms with Gasteiger partial charge in [0.1, 0.15) is 11.5 Å². The summed E-state index contributed by atoms with van der Waals surface area (Å²) in [7, 11) is -8.33. The zero-order valence-electron chi connectivity index (χ0n) is 19.3. The summed E-state index contributed by atoms with van der Waals surface area (Å²) < 4.78 is 73.1. The van der Waals surface area contributed by atoms with E-state index in [-0.39, 0.29) is 9.79 Å². The third-order valence-electron chi connectivity index (χ3n) is 5.32. The van der Waals surface area contributed by atoms with Crippen molar-refractivity contribution >= 4 is 20.2 Å². The van der Waals surface area contributed by atoms with E-state index in [0.717, 1.165) is 38.5 Å². The number of rotatable bonds is 17. The van der Waals surface area contributed by atoms with E-state index in [2.05, 4.69) is 0 Å². The van der Waals surface area contributed by atoms with Crippen LogP contribution in [0.2, 0.25) is 0 Å². The van der Waals surface area contributed by atoms with Gasteiger partial charge in [-0.15, -0.1) is 0 Å². The molecule has 2 rings (SSSR count). The molecule has 0 fully saturated rings. The zero-order chi connectivity index (χ0) is 24.9. The Morgan fingerprint density at radius 1 is 0.471 bits per heavy atom. The average Bonchev–Trinajstić information content (AvgIpc) is 2.78. The fourth-order valence-electron chi connectivity index (χ4n) is 3.41. The monoisotopic (exact) mass is 514 g/mol. The van der Waals surface area contributed by atoms with E-state index in [1.54, 1.807) is 24.3 Å². The molecule has 2 N–H and O–H groups in total. The number of ether oxygens (including phenoxy) is 2. The van der Waals surface area contributed by atoms with Crippen molar-refractivity contribution in [1.29, 1.82) is 0 Å². The minimum Gasteiger partial charge on any atom is -0.494 e. The lowest BCUT2D eigenvalue weighted by molar-refractivity contribution is 0.302. The second kappa shape index (κ2) is 14.3. The number of unbranched alkanes of at least 4 members (excludes halogenated alkanes) is 9. The molecule has 190 valence electrons. The maximum Gasteiger partial charge on any atom is 0.294 e. The lowest BCUT2D eigenvalue weighted by Gasteiger charge is -2.07. The highest BCUT2D eigenvalue weighted by molar-refractivity contribution is 7.86. The Morgan fingerprint density at radius 3 is 1.00 bits per heavy atom. The van der Waals surface area contributed by atoms with Gasteiger partial charge in [0.05, 0.1) is 23.0 Å². The zero-order valence-corrected chi connectivity index (χ0v) is 20.9. The summed E-state index contributed by atoms with van der Waals surface area (Å²) in [5.74, 6) is 1.18. The molecule has 0 amide bonds. The van der Waals surface area contributed by atoms with Gasteiger partial charge in [0.25, 0.3) is 20.2 Å². The molecule has 0 atom stereocenters. The van der Waals surface area contributed by atoms with E-state index in [1.165, 1.54) is 49.9 Å². The van der Waals surface area contributed by atoms with Gasteiger partial charge in [0, 0.05) is 0 Å². The smallest absolute Gasteiger partial charge is 0.294 e. The van der Waals surface area contributed by atoms with Gasteiger partial charge in [-0.1, -0.05) is 51.4 Å². The van der Waals surface area contributed by atoms with Crippen molar-refractivity contribution in [3.8, 4) is 11.5 Å². The van der Waals surface area contributed by atoms with Crippen LogP contribution in [0.5, 0.6) is 11.5 Å². The molecule has 0 aromatic heterocycles. The Kier molecular flexibility index (Phi) is 11.8. The fourth-order valence-corrected chi connectivity index (χ4v) is 4.37. The van der Waals surface area contributed by atoms with Crippen LogP contribution in [0.4, 0.5) is 0 Å². The van der Waals surface area contributed by atoms with E-state index in [1.807, 2.05) is 0 Å². The normalized spacial score (nSPS) is 11.9. The highest BCUT2D eigenvalue weighted by Gasteiger charge is 2.09. The molecule has 0 spiro atoms. The van der Waals surface area contributed by atoms with Gasteiger partial charge in [-0.3, -0.25) is 9.11 Å². The quantitative estimate of drug-likeness (QED) is 0.208. The minimum absolute atomic E-state index is 0.139. The number of hydrogen-bond donors (Lipinski definition) is 2. The van der Waals surface area contributed by atoms with E-state index in [4.69, 9.17) is 18.6 Å². The minimum atomic E-state index is -4.17. The van der Waals surface area contributed by atoms with Crippen LogP contribution < -0.4 is 9.47 Å². The van der Waals surface area contributed by atoms with Crippen molar-refractivity contribution < 1.29 is 35.4 Å². The molecule has 0 aliphatic heterocycles. The summed E-state index contributed by atoms with van der Waals surface area (Å²) >= 11 is 0. The highest BCUT2D eigenvalue weighted by Crippen LogP contribution is 2.18. The van der Waals surface area contributed by atoms with Gasteiger partial charge in [-0.25, -0.2) is 0 Å². The number of benzene rings is 2. The van der Waals surface area contributed by atoms with E-state index >= 15 is 0 Å². The molecule has 2 aromatic carbocycles. The molecular weight excluding hydrogens is 480 g/mol. The molecule has 0 heterocycles. The van der Waals surface area contributed by atoms with Crippen LogP contribution in [-0.2, 0) is 20.2 Å². The van der Waals surface area contributed by atoms with Crippen molar-refractivity contribution in [2.75, 3.05) is 13.2 Å². The van der Waals surface area contributed by atoms with Crippen LogP contribution in [-0.4, -0.2) is 39.2 Å². The van der Waals surface area contributed by atoms with Crippen LogP contribution >= 0.6 is 0 Å². The Labute approximate surface area is 202 Å². The van der Waals surface area contributed by atoms with Crippen LogP contribution in [0.25, 0.3) is 0 Å². The maximum absolute atomic E-state index is 11.0. The topological polar surface area (TPSA) is 127 Å². The molecule has 34 heavy (non-hydrogen) atoms. The highest BCUT2D eigenvalue weighted by atomic mass is 32.2. The summed E-state index contributed by atoms with van der Waals surface area (Å²) in [5.41, 5.74) is 0. The Balaban J connectivity index is 1.38. The first-order valence-electron chi connectivity index (χ1n) is 11.6. The van der Waals surface area contributed by atoms with Gasteiger partial charge in [-0.05, 0) is 61.4 Å². The molecule has 0 aliphatic carbocycles. The van der Waals surface area contributed by atoms with Gasteiger partial charge < -0.3 is 9.47 Å². The van der Waals surface area contributed by atoms with E-state index < -0.39 is 20.2 Å². The fraction of sp³-hybridized carbons (Fsp3) is 0.500. The Morgan fingerprint density at radius 2 is 0.735 bits per heavy atom. The van der Waals surface area contributed by atoms with Crippen molar-refractivity contribution in [1.82, 2.24) is 0 Å². The van der Waals surface area contributed by atoms with E-state index in [0.29, 0.717) is 24.7 Å². The predicted octanol–water partition coefficient (Wildman–Crippen LogP) is 5.54. The molecule has 0 bridgehead atoms. The molecule has 10 heteroatoms. The SMILES string of the molecule is O=S(=O)(O)c1ccc(OCCCCCCCCCCCCOc2ccc(S(=O)(=O)O)cc2)cc1. The van der Waals surface area contributed by atoms with Gasteiger partial charge in [-0.2, -0.15) is 16.8 Å². The second-order valence-corrected chi connectivity index (χ2v) is 11.0. The lowest BCUT2D eigenvalue weighted by atomic mass is 10.1. The lowest BCUT2D eigenvalue weighted by Crippen LogP contribution is -2.00. The van der Waals surface area contributed by atoms with Crippen molar-refractivity contribution in [2.24, 2.45) is 0 Å². The molecule has 0 saturated heterocycles. The third kappa shape index (κ3) is 11.3. The average molecular weight is 515 g/mol. The molecule has 0 unspecified atom stereocenters. The van der Waals surface area contributed by atoms with E-state index in [9.17, 15) is 16.8 Å². The van der Waals surface area contributed by atoms with Crippen LogP contribution in [0.1, 0.15) is 64.2 Å². The van der Waals surface area contributed by atoms with Crippen molar-refractivity contribution in [3.63, 3.8) is 0 Å². The molecule has 0 saturated carbocycles. The largest absolute Gasteiger partial charge is 0.494 e. The Bertz CT molecular complexity index is 960. The van der Waals surface area contributed by atoms with Crippen LogP contribution in [0, 0.1) is 0 Å². The first-order chi connectivity index (χ1) is 16.2. The standard InChI is InChI=1S/C24H34O8S2/c25-33(26,27)23-15-11-21(12-16-23)31-19-9-7-5-3-1-2-4-6-8-10-20-32-22-13-17-24(18-14-22)34(28,29)30/h11-18H,1-10,19-20H2,(H,25,26,27)(H,28,29,30). The predicted molar refractivity (Wildman–Crippen MR) is 130 cm³/mol. The Hall–Kier alpha value is -2.14. The number of hydrogen-bond acceptors (Lipinski definition) is 6. The summed E-state index contributed by atoms with van der Waals surface area (Å²) in [5, 5.41) is 0. The summed E-state index contributed by atoms with van der Waals surface area (Å²) in [6, 6.07) is 11.5. The molecule has 0 aliphatic rings. The molecule has 2 aromatic rings. The van der Waals surface area contributed by atoms with Gasteiger partial charge >= 0.3 is 0 Å². The third-order valence-corrected chi connectivity index (χ3v) is 7.06. The van der Waals surface area contributed by atoms with Crippen molar-refractivity contribution in [2.45, 2.75) is 74.0 Å². The molecule has 0 radical (unpaired) electrons. The summed E-state index contributed by atoms with van der Waals surface area (Å²) in [4.78, 5) is -0.279. The molecule has 8 nitrogen and oxygen atoms in total. The van der Waals surface area contributed by atoms with Gasteiger partial charge in [0.2, 0.25) is 0 Å². The first-order valence-corrected chi connectivity index (χ1v) is 14.4. The van der Waals surface area contributed by atoms with Gasteiger partial charge in [0.15, 0.2) is 0 Å². The molecular formula is C24H34O8S2. The summed E-state index contributed by atoms with van der Waals surface area (Å²) in [6.07, 6.45) is 11.2. The van der Waals surface area contributed by atoms with Crippen LogP contribution in [0.15, 0.2) is 58.3 Å². The summed E-state index contributed by atoms with van der Waals surface area (Å²) in [6.45, 7) is 1.16.